The Labute approximate surface area is 196 Å². The largest absolute Gasteiger partial charge is 0.480 e. The number of hydrogen-bond donors (Lipinski definition) is 7. The highest BCUT2D eigenvalue weighted by Gasteiger charge is 2.32. The third-order valence-corrected chi connectivity index (χ3v) is 5.60. The van der Waals surface area contributed by atoms with Crippen LogP contribution in [0.25, 0.3) is 0 Å². The van der Waals surface area contributed by atoms with E-state index in [0.29, 0.717) is 32.2 Å². The Kier molecular flexibility index (Phi) is 15.0. The van der Waals surface area contributed by atoms with Crippen molar-refractivity contribution < 1.29 is 24.3 Å². The topological polar surface area (TPSA) is 177 Å². The molecule has 8 N–H and O–H groups in total. The predicted octanol–water partition coefficient (Wildman–Crippen LogP) is 0.00370. The molecule has 0 heterocycles. The minimum atomic E-state index is -1.21. The van der Waals surface area contributed by atoms with Crippen LogP contribution in [0.3, 0.4) is 0 Å². The molecule has 0 aliphatic carbocycles. The number of aliphatic carboxylic acids is 1. The molecule has 0 rings (SSSR count). The Bertz CT molecular complexity index is 619. The normalized spacial score (nSPS) is 15.9. The first-order chi connectivity index (χ1) is 15.0. The number of amides is 3. The van der Waals surface area contributed by atoms with Gasteiger partial charge in [-0.3, -0.25) is 14.4 Å². The summed E-state index contributed by atoms with van der Waals surface area (Å²) in [5, 5.41) is 17.0. The second kappa shape index (κ2) is 15.9. The van der Waals surface area contributed by atoms with Crippen molar-refractivity contribution in [3.8, 4) is 0 Å². The Morgan fingerprint density at radius 2 is 1.53 bits per heavy atom. The maximum absolute atomic E-state index is 13.0. The van der Waals surface area contributed by atoms with E-state index in [4.69, 9.17) is 11.5 Å². The van der Waals surface area contributed by atoms with Crippen LogP contribution in [-0.4, -0.2) is 65.3 Å². The van der Waals surface area contributed by atoms with Gasteiger partial charge in [0.25, 0.3) is 0 Å². The number of nitrogens with two attached hydrogens (primary N) is 2. The SMILES string of the molecule is CCC(C)C(NC(=O)C(CC(C)C)NC(=O)C(N)CCCCN)C(=O)NC(CS)C(=O)O. The molecule has 0 aromatic rings. The molecule has 3 amide bonds. The van der Waals surface area contributed by atoms with Gasteiger partial charge in [0.15, 0.2) is 0 Å². The van der Waals surface area contributed by atoms with Crippen molar-refractivity contribution in [2.75, 3.05) is 12.3 Å². The average Bonchev–Trinajstić information content (AvgIpc) is 2.73. The first-order valence-electron chi connectivity index (χ1n) is 11.2. The van der Waals surface area contributed by atoms with Gasteiger partial charge in [-0.25, -0.2) is 4.79 Å². The maximum Gasteiger partial charge on any atom is 0.327 e. The van der Waals surface area contributed by atoms with E-state index in [1.165, 1.54) is 0 Å². The summed E-state index contributed by atoms with van der Waals surface area (Å²) in [7, 11) is 0. The van der Waals surface area contributed by atoms with Gasteiger partial charge in [0.2, 0.25) is 17.7 Å². The van der Waals surface area contributed by atoms with Gasteiger partial charge in [0.05, 0.1) is 6.04 Å². The van der Waals surface area contributed by atoms with Crippen molar-refractivity contribution in [3.63, 3.8) is 0 Å². The van der Waals surface area contributed by atoms with Crippen LogP contribution in [0.2, 0.25) is 0 Å². The lowest BCUT2D eigenvalue weighted by atomic mass is 9.96. The van der Waals surface area contributed by atoms with Gasteiger partial charge in [0.1, 0.15) is 18.1 Å². The zero-order chi connectivity index (χ0) is 24.8. The van der Waals surface area contributed by atoms with E-state index in [1.807, 2.05) is 20.8 Å². The summed E-state index contributed by atoms with van der Waals surface area (Å²) in [6.07, 6.45) is 2.85. The Hall–Kier alpha value is -1.85. The van der Waals surface area contributed by atoms with Crippen LogP contribution >= 0.6 is 12.6 Å². The van der Waals surface area contributed by atoms with Crippen LogP contribution in [-0.2, 0) is 19.2 Å². The molecule has 0 radical (unpaired) electrons. The zero-order valence-electron chi connectivity index (χ0n) is 19.6. The molecule has 0 saturated carbocycles. The molecule has 186 valence electrons. The molecular weight excluding hydrogens is 434 g/mol. The third kappa shape index (κ3) is 11.1. The highest BCUT2D eigenvalue weighted by Crippen LogP contribution is 2.12. The number of carboxylic acids is 1. The molecule has 0 aliphatic rings. The number of carbonyl (C=O) groups is 4. The zero-order valence-corrected chi connectivity index (χ0v) is 20.5. The standard InChI is InChI=1S/C21H41N5O5S/c1-5-13(4)17(20(29)25-16(11-32)21(30)31)26-19(28)15(10-12(2)3)24-18(27)14(23)8-6-7-9-22/h12-17,32H,5-11,22-23H2,1-4H3,(H,24,27)(H,25,29)(H,26,28)(H,30,31). The minimum absolute atomic E-state index is 0.0870. The van der Waals surface area contributed by atoms with E-state index in [1.54, 1.807) is 6.92 Å². The maximum atomic E-state index is 13.0. The highest BCUT2D eigenvalue weighted by atomic mass is 32.1. The van der Waals surface area contributed by atoms with Crippen LogP contribution in [0.4, 0.5) is 0 Å². The molecule has 32 heavy (non-hydrogen) atoms. The van der Waals surface area contributed by atoms with Crippen molar-refractivity contribution in [1.29, 1.82) is 0 Å². The minimum Gasteiger partial charge on any atom is -0.480 e. The first-order valence-corrected chi connectivity index (χ1v) is 11.8. The van der Waals surface area contributed by atoms with Crippen molar-refractivity contribution >= 4 is 36.3 Å². The van der Waals surface area contributed by atoms with E-state index < -0.39 is 47.9 Å². The van der Waals surface area contributed by atoms with Crippen molar-refractivity contribution in [2.24, 2.45) is 23.3 Å². The van der Waals surface area contributed by atoms with Gasteiger partial charge in [-0.15, -0.1) is 0 Å². The Morgan fingerprint density at radius 3 is 2.00 bits per heavy atom. The van der Waals surface area contributed by atoms with Crippen LogP contribution in [0, 0.1) is 11.8 Å². The third-order valence-electron chi connectivity index (χ3n) is 5.24. The van der Waals surface area contributed by atoms with E-state index in [-0.39, 0.29) is 17.6 Å². The van der Waals surface area contributed by atoms with Gasteiger partial charge in [0, 0.05) is 5.75 Å². The fraction of sp³-hybridized carbons (Fsp3) is 0.810. The van der Waals surface area contributed by atoms with E-state index in [2.05, 4.69) is 28.6 Å². The molecule has 0 aliphatic heterocycles. The number of carbonyl (C=O) groups excluding carboxylic acids is 3. The average molecular weight is 476 g/mol. The molecule has 0 aromatic heterocycles. The van der Waals surface area contributed by atoms with Gasteiger partial charge >= 0.3 is 5.97 Å². The molecule has 0 spiro atoms. The lowest BCUT2D eigenvalue weighted by Crippen LogP contribution is -2.59. The second-order valence-corrected chi connectivity index (χ2v) is 8.90. The van der Waals surface area contributed by atoms with Crippen molar-refractivity contribution in [1.82, 2.24) is 16.0 Å². The molecule has 5 atom stereocenters. The number of unbranched alkanes of at least 4 members (excludes halogenated alkanes) is 1. The summed E-state index contributed by atoms with van der Waals surface area (Å²) < 4.78 is 0. The van der Waals surface area contributed by atoms with Crippen LogP contribution < -0.4 is 27.4 Å². The molecule has 10 nitrogen and oxygen atoms in total. The number of hydrogen-bond acceptors (Lipinski definition) is 7. The molecule has 0 fully saturated rings. The van der Waals surface area contributed by atoms with Crippen LogP contribution in [0.1, 0.15) is 59.8 Å². The first kappa shape index (κ1) is 30.1. The summed E-state index contributed by atoms with van der Waals surface area (Å²) >= 11 is 3.95. The second-order valence-electron chi connectivity index (χ2n) is 8.54. The smallest absolute Gasteiger partial charge is 0.327 e. The number of thiol groups is 1. The number of rotatable bonds is 16. The lowest BCUT2D eigenvalue weighted by molar-refractivity contribution is -0.142. The summed E-state index contributed by atoms with van der Waals surface area (Å²) in [5.41, 5.74) is 11.4. The number of carboxylic acid groups (broad SMARTS) is 1. The van der Waals surface area contributed by atoms with Gasteiger partial charge in [-0.05, 0) is 37.6 Å². The summed E-state index contributed by atoms with van der Waals surface area (Å²) in [6, 6.07) is -3.77. The molecule has 11 heteroatoms. The Morgan fingerprint density at radius 1 is 0.938 bits per heavy atom. The van der Waals surface area contributed by atoms with Crippen LogP contribution in [0.5, 0.6) is 0 Å². The molecular formula is C21H41N5O5S. The van der Waals surface area contributed by atoms with Gasteiger partial charge < -0.3 is 32.5 Å². The highest BCUT2D eigenvalue weighted by molar-refractivity contribution is 7.80. The van der Waals surface area contributed by atoms with E-state index in [9.17, 15) is 24.3 Å². The van der Waals surface area contributed by atoms with E-state index in [0.717, 1.165) is 6.42 Å². The predicted molar refractivity (Wildman–Crippen MR) is 127 cm³/mol. The van der Waals surface area contributed by atoms with Gasteiger partial charge in [-0.1, -0.05) is 40.5 Å². The van der Waals surface area contributed by atoms with Crippen molar-refractivity contribution in [3.05, 3.63) is 0 Å². The molecule has 0 aromatic carbocycles. The monoisotopic (exact) mass is 475 g/mol. The summed E-state index contributed by atoms with van der Waals surface area (Å²) in [6.45, 7) is 7.98. The quantitative estimate of drug-likeness (QED) is 0.121. The van der Waals surface area contributed by atoms with Gasteiger partial charge in [-0.2, -0.15) is 12.6 Å². The van der Waals surface area contributed by atoms with Crippen molar-refractivity contribution in [2.45, 2.75) is 84.0 Å². The summed E-state index contributed by atoms with van der Waals surface area (Å²) in [5.74, 6) is -3.03. The summed E-state index contributed by atoms with van der Waals surface area (Å²) in [4.78, 5) is 49.5. The number of nitrogens with one attached hydrogen (secondary N) is 3. The fourth-order valence-electron chi connectivity index (χ4n) is 3.02. The van der Waals surface area contributed by atoms with E-state index >= 15 is 0 Å². The lowest BCUT2D eigenvalue weighted by Gasteiger charge is -2.28. The van der Waals surface area contributed by atoms with Crippen LogP contribution in [0.15, 0.2) is 0 Å². The molecule has 5 unspecified atom stereocenters. The fourth-order valence-corrected chi connectivity index (χ4v) is 3.27. The molecule has 0 saturated heterocycles. The molecule has 0 bridgehead atoms. The Balaban J connectivity index is 5.38.